The molecule has 1 amide bonds. The van der Waals surface area contributed by atoms with Crippen LogP contribution in [0, 0.1) is 27.7 Å². The lowest BCUT2D eigenvalue weighted by Crippen LogP contribution is -2.54. The predicted octanol–water partition coefficient (Wildman–Crippen LogP) is 9.11. The Bertz CT molecular complexity index is 2560. The number of rotatable bonds is 12. The van der Waals surface area contributed by atoms with Gasteiger partial charge in [0.25, 0.3) is 0 Å². The zero-order chi connectivity index (χ0) is 42.1. The highest BCUT2D eigenvalue weighted by molar-refractivity contribution is 6.42. The minimum atomic E-state index is -1.15. The van der Waals surface area contributed by atoms with E-state index >= 15 is 0 Å². The first-order chi connectivity index (χ1) is 28.9. The molecular formula is C47H44Cl2N4O7. The van der Waals surface area contributed by atoms with Crippen LogP contribution in [0.4, 0.5) is 0 Å². The number of benzene rings is 4. The Hall–Kier alpha value is -5.88. The van der Waals surface area contributed by atoms with Crippen molar-refractivity contribution < 1.29 is 33.3 Å². The van der Waals surface area contributed by atoms with Crippen LogP contribution in [0.3, 0.4) is 0 Å². The van der Waals surface area contributed by atoms with Crippen LogP contribution in [0.25, 0.3) is 11.1 Å². The Morgan fingerprint density at radius 3 is 2.38 bits per heavy atom. The highest BCUT2D eigenvalue weighted by Crippen LogP contribution is 2.41. The quantitative estimate of drug-likeness (QED) is 0.123. The lowest BCUT2D eigenvalue weighted by Gasteiger charge is -2.37. The third-order valence-corrected chi connectivity index (χ3v) is 12.0. The van der Waals surface area contributed by atoms with Crippen LogP contribution < -0.4 is 19.5 Å². The van der Waals surface area contributed by atoms with Gasteiger partial charge in [-0.05, 0) is 114 Å². The molecule has 3 unspecified atom stereocenters. The summed E-state index contributed by atoms with van der Waals surface area (Å²) in [5.74, 6) is 1.59. The van der Waals surface area contributed by atoms with Crippen molar-refractivity contribution in [3.05, 3.63) is 158 Å². The van der Waals surface area contributed by atoms with Gasteiger partial charge in [0.2, 0.25) is 5.91 Å². The zero-order valence-corrected chi connectivity index (χ0v) is 35.1. The molecule has 0 saturated heterocycles. The van der Waals surface area contributed by atoms with Gasteiger partial charge in [0.1, 0.15) is 30.8 Å². The molecule has 60 heavy (non-hydrogen) atoms. The number of halogens is 2. The van der Waals surface area contributed by atoms with E-state index in [9.17, 15) is 14.7 Å². The largest absolute Gasteiger partial charge is 0.489 e. The fraction of sp³-hybridized carbons (Fsp3) is 0.277. The van der Waals surface area contributed by atoms with Crippen molar-refractivity contribution in [2.24, 2.45) is 0 Å². The summed E-state index contributed by atoms with van der Waals surface area (Å²) in [7, 11) is 0. The molecule has 0 saturated carbocycles. The van der Waals surface area contributed by atoms with E-state index in [2.05, 4.69) is 15.3 Å². The van der Waals surface area contributed by atoms with E-state index in [4.69, 9.17) is 41.8 Å². The predicted molar refractivity (Wildman–Crippen MR) is 228 cm³/mol. The molecule has 2 aromatic heterocycles. The molecule has 2 aliphatic rings. The smallest absolute Gasteiger partial charge is 0.326 e. The van der Waals surface area contributed by atoms with Crippen LogP contribution >= 0.6 is 23.2 Å². The van der Waals surface area contributed by atoms with Crippen LogP contribution in [-0.4, -0.2) is 50.5 Å². The van der Waals surface area contributed by atoms with Gasteiger partial charge in [-0.2, -0.15) is 0 Å². The van der Waals surface area contributed by atoms with Crippen LogP contribution in [0.15, 0.2) is 95.5 Å². The average Bonchev–Trinajstić information content (AvgIpc) is 3.56. The molecular weight excluding hydrogens is 803 g/mol. The van der Waals surface area contributed by atoms with E-state index in [1.165, 1.54) is 0 Å². The van der Waals surface area contributed by atoms with Crippen LogP contribution in [0.1, 0.15) is 62.5 Å². The van der Waals surface area contributed by atoms with Crippen molar-refractivity contribution in [1.82, 2.24) is 20.2 Å². The standard InChI is InChI=1S/C47H44Cl2N4O7/c1-26-27(2)50-16-15-37(26)32-8-5-30(6-9-32)18-40(47(55)56)52-46(54)42-19-34-20-43-44(21-35(34)22-53(42)23-41-28(3)59-29(4)51-41)60-45(25-58-43)33-10-12-36(13-11-33)57-24-31-7-14-38(48)39(49)17-31/h5-17,20-21,40,42,45H,18-19,22-25H2,1-4H3,(H,52,54)(H,55,56). The summed E-state index contributed by atoms with van der Waals surface area (Å²) in [5, 5.41) is 14.2. The van der Waals surface area contributed by atoms with E-state index in [-0.39, 0.29) is 18.4 Å². The van der Waals surface area contributed by atoms with Crippen molar-refractivity contribution in [2.45, 2.75) is 78.4 Å². The van der Waals surface area contributed by atoms with Crippen molar-refractivity contribution in [3.63, 3.8) is 0 Å². The van der Waals surface area contributed by atoms with Gasteiger partial charge in [0, 0.05) is 38.3 Å². The SMILES string of the molecule is Cc1nc(CN2Cc3cc4c(cc3CC2C(=O)NC(Cc2ccc(-c3ccnc(C)c3C)cc2)C(=O)O)OCC(c2ccc(OCc3ccc(Cl)c(Cl)c3)cc2)O4)c(C)o1. The lowest BCUT2D eigenvalue weighted by molar-refractivity contribution is -0.142. The molecule has 2 aliphatic heterocycles. The van der Waals surface area contributed by atoms with Gasteiger partial charge in [-0.25, -0.2) is 9.78 Å². The average molecular weight is 848 g/mol. The number of aromatic nitrogens is 2. The Balaban J connectivity index is 0.973. The van der Waals surface area contributed by atoms with E-state index in [1.54, 1.807) is 25.3 Å². The van der Waals surface area contributed by atoms with Crippen LogP contribution in [0.2, 0.25) is 10.0 Å². The maximum atomic E-state index is 14.2. The molecule has 8 rings (SSSR count). The summed E-state index contributed by atoms with van der Waals surface area (Å²) in [6.45, 7) is 8.98. The second-order valence-electron chi connectivity index (χ2n) is 15.3. The molecule has 308 valence electrons. The highest BCUT2D eigenvalue weighted by Gasteiger charge is 2.36. The number of aliphatic carboxylic acids is 1. The normalized spacial score (nSPS) is 16.5. The number of carbonyl (C=O) groups excluding carboxylic acids is 1. The van der Waals surface area contributed by atoms with Crippen LogP contribution in [0.5, 0.6) is 17.2 Å². The first-order valence-corrected chi connectivity index (χ1v) is 20.5. The number of carboxylic acid groups (broad SMARTS) is 1. The first-order valence-electron chi connectivity index (χ1n) is 19.7. The molecule has 6 aromatic rings. The second kappa shape index (κ2) is 17.4. The number of carboxylic acids is 1. The third kappa shape index (κ3) is 8.99. The number of hydrogen-bond acceptors (Lipinski definition) is 9. The number of ether oxygens (including phenoxy) is 3. The monoisotopic (exact) mass is 846 g/mol. The van der Waals surface area contributed by atoms with E-state index < -0.39 is 18.1 Å². The van der Waals surface area contributed by atoms with Gasteiger partial charge in [-0.3, -0.25) is 14.7 Å². The molecule has 0 spiro atoms. The summed E-state index contributed by atoms with van der Waals surface area (Å²) >= 11 is 12.2. The van der Waals surface area contributed by atoms with E-state index in [0.29, 0.717) is 77.4 Å². The Labute approximate surface area is 358 Å². The van der Waals surface area contributed by atoms with Gasteiger partial charge in [0.15, 0.2) is 23.5 Å². The fourth-order valence-electron chi connectivity index (χ4n) is 7.76. The Morgan fingerprint density at radius 1 is 0.917 bits per heavy atom. The molecule has 11 nitrogen and oxygen atoms in total. The second-order valence-corrected chi connectivity index (χ2v) is 16.1. The number of oxazole rings is 1. The maximum Gasteiger partial charge on any atom is 0.326 e. The molecule has 2 N–H and O–H groups in total. The third-order valence-electron chi connectivity index (χ3n) is 11.2. The molecule has 4 heterocycles. The Kier molecular flexibility index (Phi) is 11.8. The molecule has 0 radical (unpaired) electrons. The number of nitrogens with zero attached hydrogens (tertiary/aromatic N) is 3. The Morgan fingerprint density at radius 2 is 1.67 bits per heavy atom. The maximum absolute atomic E-state index is 14.2. The topological polar surface area (TPSA) is 136 Å². The summed E-state index contributed by atoms with van der Waals surface area (Å²) in [4.78, 5) is 37.8. The number of amides is 1. The molecule has 0 bridgehead atoms. The number of pyridine rings is 1. The molecule has 0 fully saturated rings. The molecule has 13 heteroatoms. The zero-order valence-electron chi connectivity index (χ0n) is 33.6. The van der Waals surface area contributed by atoms with Crippen molar-refractivity contribution in [2.75, 3.05) is 6.61 Å². The minimum Gasteiger partial charge on any atom is -0.489 e. The summed E-state index contributed by atoms with van der Waals surface area (Å²) in [6, 6.07) is 24.9. The number of carbonyl (C=O) groups is 2. The molecule has 3 atom stereocenters. The number of nitrogens with one attached hydrogen (secondary N) is 1. The van der Waals surface area contributed by atoms with Gasteiger partial charge in [-0.15, -0.1) is 0 Å². The first kappa shape index (κ1) is 40.9. The lowest BCUT2D eigenvalue weighted by atomic mass is 9.91. The fourth-order valence-corrected chi connectivity index (χ4v) is 8.08. The van der Waals surface area contributed by atoms with Gasteiger partial charge < -0.3 is 29.1 Å². The summed E-state index contributed by atoms with van der Waals surface area (Å²) < 4.78 is 24.5. The summed E-state index contributed by atoms with van der Waals surface area (Å²) in [6.07, 6.45) is 1.87. The summed E-state index contributed by atoms with van der Waals surface area (Å²) in [5.41, 5.74) is 9.36. The molecule has 4 aromatic carbocycles. The minimum absolute atomic E-state index is 0.120. The van der Waals surface area contributed by atoms with Crippen molar-refractivity contribution in [3.8, 4) is 28.4 Å². The van der Waals surface area contributed by atoms with Crippen molar-refractivity contribution in [1.29, 1.82) is 0 Å². The van der Waals surface area contributed by atoms with Gasteiger partial charge in [0.05, 0.1) is 21.8 Å². The van der Waals surface area contributed by atoms with E-state index in [1.807, 2.05) is 98.5 Å². The number of hydrogen-bond donors (Lipinski definition) is 2. The van der Waals surface area contributed by atoms with Gasteiger partial charge >= 0.3 is 5.97 Å². The highest BCUT2D eigenvalue weighted by atomic mass is 35.5. The van der Waals surface area contributed by atoms with Gasteiger partial charge in [-0.1, -0.05) is 65.7 Å². The number of aryl methyl sites for hydroxylation is 3. The molecule has 0 aliphatic carbocycles. The van der Waals surface area contributed by atoms with E-state index in [0.717, 1.165) is 50.2 Å². The number of fused-ring (bicyclic) bond motifs is 2. The van der Waals surface area contributed by atoms with Crippen LogP contribution in [-0.2, 0) is 42.1 Å². The van der Waals surface area contributed by atoms with Crippen molar-refractivity contribution >= 4 is 35.1 Å².